The largest absolute Gasteiger partial charge is 0.480 e. The molecule has 0 unspecified atom stereocenters. The summed E-state index contributed by atoms with van der Waals surface area (Å²) >= 11 is 0.539. The topological polar surface area (TPSA) is 251 Å². The summed E-state index contributed by atoms with van der Waals surface area (Å²) in [5.74, 6) is -4.23. The quantitative estimate of drug-likeness (QED) is 0.119. The first-order valence-corrected chi connectivity index (χ1v) is 13.1. The van der Waals surface area contributed by atoms with Gasteiger partial charge in [-0.25, -0.2) is 8.42 Å². The molecule has 2 aromatic rings. The van der Waals surface area contributed by atoms with Crippen LogP contribution in [0.5, 0.6) is 0 Å². The highest BCUT2D eigenvalue weighted by Crippen LogP contribution is 2.23. The normalized spacial score (nSPS) is 12.7. The number of carboxylic acid groups (broad SMARTS) is 2. The molecule has 0 aliphatic carbocycles. The zero-order chi connectivity index (χ0) is 28.5. The van der Waals surface area contributed by atoms with Crippen molar-refractivity contribution in [3.63, 3.8) is 0 Å². The fourth-order valence-electron chi connectivity index (χ4n) is 2.72. The van der Waals surface area contributed by atoms with E-state index in [0.717, 1.165) is 0 Å². The molecule has 16 nitrogen and oxygen atoms in total. The molecule has 0 bridgehead atoms. The summed E-state index contributed by atoms with van der Waals surface area (Å²) in [5, 5.41) is 25.5. The number of nitrogens with zero attached hydrogens (tertiary/aromatic N) is 2. The third-order valence-corrected chi connectivity index (χ3v) is 6.95. The van der Waals surface area contributed by atoms with E-state index >= 15 is 0 Å². The number of hydrogen-bond acceptors (Lipinski definition) is 11. The van der Waals surface area contributed by atoms with Crippen LogP contribution < -0.4 is 21.1 Å². The minimum absolute atomic E-state index is 0.00897. The molecule has 0 spiro atoms. The third-order valence-electron chi connectivity index (χ3n) is 4.65. The van der Waals surface area contributed by atoms with Gasteiger partial charge in [-0.3, -0.25) is 23.9 Å². The molecule has 1 aromatic carbocycles. The maximum Gasteiger partial charge on any atom is 0.322 e. The van der Waals surface area contributed by atoms with Crippen molar-refractivity contribution >= 4 is 57.2 Å². The van der Waals surface area contributed by atoms with Gasteiger partial charge in [0.25, 0.3) is 15.7 Å². The van der Waals surface area contributed by atoms with Crippen LogP contribution in [0.1, 0.15) is 18.6 Å². The third kappa shape index (κ3) is 9.45. The number of carbonyl (C=O) groups is 4. The number of carboxylic acids is 2. The van der Waals surface area contributed by atoms with Crippen LogP contribution in [-0.2, 0) is 29.2 Å². The van der Waals surface area contributed by atoms with Crippen molar-refractivity contribution < 1.29 is 46.5 Å². The lowest BCUT2D eigenvalue weighted by Crippen LogP contribution is -2.49. The maximum absolute atomic E-state index is 12.5. The Bertz CT molecular complexity index is 1300. The fourth-order valence-corrected chi connectivity index (χ4v) is 4.49. The van der Waals surface area contributed by atoms with Crippen LogP contribution >= 0.6 is 11.9 Å². The Morgan fingerprint density at radius 3 is 2.39 bits per heavy atom. The van der Waals surface area contributed by atoms with Gasteiger partial charge < -0.3 is 31.1 Å². The predicted molar refractivity (Wildman–Crippen MR) is 132 cm³/mol. The molecule has 0 saturated carbocycles. The number of nitrogens with two attached hydrogens (primary N) is 1. The highest BCUT2D eigenvalue weighted by Gasteiger charge is 2.28. The summed E-state index contributed by atoms with van der Waals surface area (Å²) in [4.78, 5) is 58.5. The summed E-state index contributed by atoms with van der Waals surface area (Å²) in [5.41, 5.74) is 5.36. The number of sulfonamides is 1. The number of anilines is 1. The number of aromatic nitrogens is 1. The first kappa shape index (κ1) is 30.2. The van der Waals surface area contributed by atoms with Gasteiger partial charge in [-0.05, 0) is 25.5 Å². The van der Waals surface area contributed by atoms with Gasteiger partial charge in [-0.1, -0.05) is 5.16 Å². The molecule has 0 aliphatic heterocycles. The second kappa shape index (κ2) is 13.5. The van der Waals surface area contributed by atoms with E-state index in [1.54, 1.807) is 6.92 Å². The molecule has 38 heavy (non-hydrogen) atoms. The lowest BCUT2D eigenvalue weighted by molar-refractivity contribution is -0.265. The molecular formula is C20H25N6O10S2+. The summed E-state index contributed by atoms with van der Waals surface area (Å²) in [6.45, 7) is 0.847. The van der Waals surface area contributed by atoms with Crippen molar-refractivity contribution in [3.05, 3.63) is 41.0 Å². The molecule has 2 atom stereocenters. The van der Waals surface area contributed by atoms with Crippen molar-refractivity contribution in [1.29, 1.82) is 0 Å². The number of benzene rings is 1. The summed E-state index contributed by atoms with van der Waals surface area (Å²) in [6, 6.07) is 3.50. The van der Waals surface area contributed by atoms with Crippen molar-refractivity contribution in [2.45, 2.75) is 36.7 Å². The van der Waals surface area contributed by atoms with Crippen molar-refractivity contribution in [2.24, 2.45) is 5.73 Å². The molecule has 2 rings (SSSR count). The second-order valence-corrected chi connectivity index (χ2v) is 10.3. The molecule has 1 aromatic heterocycles. The molecule has 0 aliphatic rings. The summed E-state index contributed by atoms with van der Waals surface area (Å²) in [7, 11) is -4.02. The fraction of sp³-hybridized carbons (Fsp3) is 0.350. The minimum atomic E-state index is -4.02. The lowest BCUT2D eigenvalue weighted by Gasteiger charge is -2.16. The van der Waals surface area contributed by atoms with E-state index in [1.807, 2.05) is 0 Å². The van der Waals surface area contributed by atoms with E-state index in [9.17, 15) is 32.5 Å². The van der Waals surface area contributed by atoms with Crippen LogP contribution in [0.2, 0.25) is 0 Å². The van der Waals surface area contributed by atoms with Gasteiger partial charge >= 0.3 is 11.9 Å². The number of aryl methyl sites for hydroxylation is 1. The smallest absolute Gasteiger partial charge is 0.322 e. The van der Waals surface area contributed by atoms with Crippen LogP contribution in [0, 0.1) is 11.8 Å². The first-order valence-electron chi connectivity index (χ1n) is 10.7. The van der Waals surface area contributed by atoms with Gasteiger partial charge in [0, 0.05) is 29.5 Å². The molecule has 0 saturated heterocycles. The molecule has 2 amide bonds. The van der Waals surface area contributed by atoms with Gasteiger partial charge in [-0.2, -0.15) is 0 Å². The SMILES string of the molecule is Cc1cc(NS(=O)(=O)c2ccc([N+](=O)SC[C@H](NC(=O)CC[C@H](N)C(=O)O)C(=O)NCC(=O)O)cc2)no1. The summed E-state index contributed by atoms with van der Waals surface area (Å²) in [6.07, 6.45) is -0.550. The van der Waals surface area contributed by atoms with Crippen LogP contribution in [0.4, 0.5) is 11.5 Å². The number of nitrogens with one attached hydrogen (secondary N) is 3. The molecular weight excluding hydrogens is 548 g/mol. The number of rotatable bonds is 15. The van der Waals surface area contributed by atoms with Gasteiger partial charge in [0.05, 0.1) is 10.6 Å². The number of nitroso groups, excluding NO2 is 1. The monoisotopic (exact) mass is 573 g/mol. The zero-order valence-electron chi connectivity index (χ0n) is 19.8. The molecule has 7 N–H and O–H groups in total. The van der Waals surface area contributed by atoms with E-state index in [4.69, 9.17) is 20.5 Å². The van der Waals surface area contributed by atoms with Crippen molar-refractivity contribution in [1.82, 2.24) is 15.8 Å². The van der Waals surface area contributed by atoms with Gasteiger partial charge in [0.15, 0.2) is 5.82 Å². The van der Waals surface area contributed by atoms with Gasteiger partial charge in [-0.15, -0.1) is 0 Å². The standard InChI is InChI=1S/C20H24N6O10S2/c1-11-8-16(24-36-11)25-38(34,35)13-4-2-12(3-5-13)26(33)37-10-15(19(30)22-9-18(28)29)23-17(27)7-6-14(21)20(31)32/h2-5,8,14-15H,6-7,9-10,21H2,1H3,(H4-,22,23,24,25,27,28,29,30,31,32)/p+1/t14-,15-/m0/s1. The Morgan fingerprint density at radius 1 is 1.18 bits per heavy atom. The second-order valence-electron chi connectivity index (χ2n) is 7.69. The minimum Gasteiger partial charge on any atom is -0.480 e. The van der Waals surface area contributed by atoms with Crippen LogP contribution in [0.25, 0.3) is 0 Å². The van der Waals surface area contributed by atoms with Gasteiger partial charge in [0.1, 0.15) is 28.6 Å². The Labute approximate surface area is 220 Å². The number of hydrogen-bond donors (Lipinski definition) is 6. The number of carbonyl (C=O) groups excluding carboxylic acids is 2. The highest BCUT2D eigenvalue weighted by molar-refractivity contribution is 7.93. The van der Waals surface area contributed by atoms with Crippen LogP contribution in [-0.4, -0.2) is 76.1 Å². The lowest BCUT2D eigenvalue weighted by atomic mass is 10.1. The Kier molecular flexibility index (Phi) is 10.7. The van der Waals surface area contributed by atoms with E-state index in [2.05, 4.69) is 20.5 Å². The summed E-state index contributed by atoms with van der Waals surface area (Å²) < 4.78 is 32.3. The highest BCUT2D eigenvalue weighted by atomic mass is 32.2. The maximum atomic E-state index is 12.5. The van der Waals surface area contributed by atoms with Crippen molar-refractivity contribution in [2.75, 3.05) is 17.0 Å². The van der Waals surface area contributed by atoms with E-state index in [0.29, 0.717) is 21.9 Å². The Hall–Kier alpha value is -4.03. The zero-order valence-corrected chi connectivity index (χ0v) is 21.5. The van der Waals surface area contributed by atoms with E-state index in [1.165, 1.54) is 30.3 Å². The number of aliphatic carboxylic acids is 2. The van der Waals surface area contributed by atoms with Gasteiger partial charge in [0.2, 0.25) is 23.8 Å². The molecule has 0 radical (unpaired) electrons. The Balaban J connectivity index is 2.03. The average molecular weight is 574 g/mol. The molecule has 206 valence electrons. The average Bonchev–Trinajstić information content (AvgIpc) is 3.26. The molecule has 18 heteroatoms. The first-order chi connectivity index (χ1) is 17.8. The molecule has 0 fully saturated rings. The Morgan fingerprint density at radius 2 is 1.84 bits per heavy atom. The van der Waals surface area contributed by atoms with E-state index < -0.39 is 52.4 Å². The number of amides is 2. The van der Waals surface area contributed by atoms with Crippen LogP contribution in [0.15, 0.2) is 39.8 Å². The predicted octanol–water partition coefficient (Wildman–Crippen LogP) is -0.280. The van der Waals surface area contributed by atoms with Crippen LogP contribution in [0.3, 0.4) is 0 Å². The van der Waals surface area contributed by atoms with E-state index in [-0.39, 0.29) is 35.0 Å². The van der Waals surface area contributed by atoms with Crippen molar-refractivity contribution in [3.8, 4) is 0 Å². The molecule has 1 heterocycles.